The molecule has 160 valence electrons. The van der Waals surface area contributed by atoms with Crippen LogP contribution in [0.4, 0.5) is 4.39 Å². The zero-order chi connectivity index (χ0) is 22.3. The maximum Gasteiger partial charge on any atom is 0.340 e. The summed E-state index contributed by atoms with van der Waals surface area (Å²) in [6.07, 6.45) is 7.11. The van der Waals surface area contributed by atoms with Crippen molar-refractivity contribution in [3.8, 4) is 11.5 Å². The molecule has 2 N–H and O–H groups in total. The Morgan fingerprint density at radius 3 is 2.30 bits per heavy atom. The number of hydrogen-bond donors (Lipinski definition) is 2. The van der Waals surface area contributed by atoms with Gasteiger partial charge in [-0.25, -0.2) is 9.18 Å². The molecule has 0 amide bonds. The Labute approximate surface area is 177 Å². The van der Waals surface area contributed by atoms with Crippen molar-refractivity contribution in [3.63, 3.8) is 0 Å². The molecule has 0 aliphatic rings. The van der Waals surface area contributed by atoms with Crippen LogP contribution in [0.2, 0.25) is 0 Å². The Kier molecular flexibility index (Phi) is 8.22. The van der Waals surface area contributed by atoms with E-state index in [1.54, 1.807) is 30.4 Å². The fraction of sp³-hybridized carbons (Fsp3) is 0.320. The smallest absolute Gasteiger partial charge is 0.340 e. The molecule has 0 aromatic heterocycles. The van der Waals surface area contributed by atoms with Crippen LogP contribution in [0.3, 0.4) is 0 Å². The highest BCUT2D eigenvalue weighted by Crippen LogP contribution is 2.37. The lowest BCUT2D eigenvalue weighted by Crippen LogP contribution is -2.15. The van der Waals surface area contributed by atoms with E-state index in [0.717, 1.165) is 18.4 Å². The van der Waals surface area contributed by atoms with Gasteiger partial charge in [-0.2, -0.15) is 0 Å². The quantitative estimate of drug-likeness (QED) is 0.366. The minimum absolute atomic E-state index is 0.0422. The van der Waals surface area contributed by atoms with Gasteiger partial charge in [0.25, 0.3) is 0 Å². The zero-order valence-electron chi connectivity index (χ0n) is 17.9. The lowest BCUT2D eigenvalue weighted by molar-refractivity contribution is 0.0693. The van der Waals surface area contributed by atoms with Gasteiger partial charge in [-0.1, -0.05) is 49.8 Å². The van der Waals surface area contributed by atoms with Crippen LogP contribution >= 0.6 is 0 Å². The van der Waals surface area contributed by atoms with Gasteiger partial charge in [0.1, 0.15) is 22.9 Å². The SMILES string of the molecule is CCC(CC)Oc1cc(/C=C/c2ccc(F)cc2)c(C(=O)O)c(O)c1CC=C(C)C. The molecule has 0 radical (unpaired) electrons. The van der Waals surface area contributed by atoms with Crippen LogP contribution in [0.15, 0.2) is 42.0 Å². The number of aromatic hydroxyl groups is 1. The van der Waals surface area contributed by atoms with E-state index in [0.29, 0.717) is 28.9 Å². The summed E-state index contributed by atoms with van der Waals surface area (Å²) >= 11 is 0. The van der Waals surface area contributed by atoms with Gasteiger partial charge in [0.05, 0.1) is 6.10 Å². The van der Waals surface area contributed by atoms with Gasteiger partial charge >= 0.3 is 5.97 Å². The number of phenols is 1. The van der Waals surface area contributed by atoms with Crippen molar-refractivity contribution in [1.82, 2.24) is 0 Å². The molecule has 2 rings (SSSR count). The van der Waals surface area contributed by atoms with Crippen molar-refractivity contribution >= 4 is 18.1 Å². The van der Waals surface area contributed by atoms with Gasteiger partial charge in [0.2, 0.25) is 0 Å². The van der Waals surface area contributed by atoms with E-state index in [-0.39, 0.29) is 23.2 Å². The van der Waals surface area contributed by atoms with Gasteiger partial charge in [-0.3, -0.25) is 0 Å². The normalized spacial score (nSPS) is 11.1. The van der Waals surface area contributed by atoms with Crippen LogP contribution in [0.1, 0.15) is 67.6 Å². The molecule has 30 heavy (non-hydrogen) atoms. The second kappa shape index (κ2) is 10.6. The van der Waals surface area contributed by atoms with E-state index in [4.69, 9.17) is 4.74 Å². The van der Waals surface area contributed by atoms with Crippen molar-refractivity contribution in [3.05, 3.63) is 70.1 Å². The minimum atomic E-state index is -1.22. The van der Waals surface area contributed by atoms with Crippen LogP contribution in [-0.2, 0) is 6.42 Å². The molecule has 4 nitrogen and oxygen atoms in total. The second-order valence-corrected chi connectivity index (χ2v) is 7.40. The largest absolute Gasteiger partial charge is 0.507 e. The summed E-state index contributed by atoms with van der Waals surface area (Å²) < 4.78 is 19.3. The first-order chi connectivity index (χ1) is 14.3. The van der Waals surface area contributed by atoms with Gasteiger partial charge < -0.3 is 14.9 Å². The number of ether oxygens (including phenoxy) is 1. The van der Waals surface area contributed by atoms with Crippen molar-refractivity contribution in [1.29, 1.82) is 0 Å². The number of carbonyl (C=O) groups is 1. The van der Waals surface area contributed by atoms with Crippen molar-refractivity contribution in [2.75, 3.05) is 0 Å². The maximum atomic E-state index is 13.1. The number of allylic oxidation sites excluding steroid dienone is 2. The number of carboxylic acid groups (broad SMARTS) is 1. The second-order valence-electron chi connectivity index (χ2n) is 7.40. The van der Waals surface area contributed by atoms with Crippen LogP contribution in [0, 0.1) is 5.82 Å². The fourth-order valence-corrected chi connectivity index (χ4v) is 3.06. The average Bonchev–Trinajstić information content (AvgIpc) is 2.70. The first-order valence-corrected chi connectivity index (χ1v) is 10.1. The molecule has 0 atom stereocenters. The topological polar surface area (TPSA) is 66.8 Å². The van der Waals surface area contributed by atoms with Crippen molar-refractivity contribution in [2.24, 2.45) is 0 Å². The Hall–Kier alpha value is -3.08. The highest BCUT2D eigenvalue weighted by molar-refractivity contribution is 5.97. The Bertz CT molecular complexity index is 935. The number of halogens is 1. The first kappa shape index (κ1) is 23.2. The predicted octanol–water partition coefficient (Wildman–Crippen LogP) is 6.48. The fourth-order valence-electron chi connectivity index (χ4n) is 3.06. The highest BCUT2D eigenvalue weighted by Gasteiger charge is 2.23. The van der Waals surface area contributed by atoms with E-state index in [2.05, 4.69) is 0 Å². The molecule has 0 aliphatic heterocycles. The number of hydrogen-bond acceptors (Lipinski definition) is 3. The standard InChI is InChI=1S/C25H29FO4/c1-5-20(6-2)30-22-15-18(11-8-17-9-12-19(26)13-10-17)23(25(28)29)24(27)21(22)14-7-16(3)4/h7-13,15,20,27H,5-6,14H2,1-4H3,(H,28,29)/b11-8+. The molecular formula is C25H29FO4. The van der Waals surface area contributed by atoms with Gasteiger partial charge in [-0.05, 0) is 62.4 Å². The minimum Gasteiger partial charge on any atom is -0.507 e. The molecule has 0 heterocycles. The Balaban J connectivity index is 2.61. The number of carboxylic acids is 1. The highest BCUT2D eigenvalue weighted by atomic mass is 19.1. The zero-order valence-corrected chi connectivity index (χ0v) is 17.9. The van der Waals surface area contributed by atoms with Gasteiger partial charge in [-0.15, -0.1) is 0 Å². The summed E-state index contributed by atoms with van der Waals surface area (Å²) in [7, 11) is 0. The molecule has 0 fully saturated rings. The summed E-state index contributed by atoms with van der Waals surface area (Å²) in [5.74, 6) is -1.39. The summed E-state index contributed by atoms with van der Waals surface area (Å²) in [6.45, 7) is 7.92. The monoisotopic (exact) mass is 412 g/mol. The molecule has 2 aromatic carbocycles. The summed E-state index contributed by atoms with van der Waals surface area (Å²) in [5, 5.41) is 20.6. The third kappa shape index (κ3) is 5.96. The third-order valence-corrected chi connectivity index (χ3v) is 4.85. The molecule has 0 bridgehead atoms. The van der Waals surface area contributed by atoms with E-state index < -0.39 is 5.97 Å². The number of benzene rings is 2. The van der Waals surface area contributed by atoms with Crippen LogP contribution in [0.5, 0.6) is 11.5 Å². The van der Waals surface area contributed by atoms with Crippen molar-refractivity contribution in [2.45, 2.75) is 53.1 Å². The van der Waals surface area contributed by atoms with E-state index in [1.165, 1.54) is 12.1 Å². The van der Waals surface area contributed by atoms with Crippen molar-refractivity contribution < 1.29 is 24.1 Å². The summed E-state index contributed by atoms with van der Waals surface area (Å²) in [5.41, 5.74) is 2.37. The van der Waals surface area contributed by atoms with E-state index >= 15 is 0 Å². The predicted molar refractivity (Wildman–Crippen MR) is 119 cm³/mol. The summed E-state index contributed by atoms with van der Waals surface area (Å²) in [4.78, 5) is 11.9. The van der Waals surface area contributed by atoms with E-state index in [1.807, 2.05) is 33.8 Å². The third-order valence-electron chi connectivity index (χ3n) is 4.85. The summed E-state index contributed by atoms with van der Waals surface area (Å²) in [6, 6.07) is 7.52. The van der Waals surface area contributed by atoms with Gasteiger partial charge in [0, 0.05) is 5.56 Å². The van der Waals surface area contributed by atoms with Crippen LogP contribution in [-0.4, -0.2) is 22.3 Å². The molecular weight excluding hydrogens is 383 g/mol. The lowest BCUT2D eigenvalue weighted by Gasteiger charge is -2.21. The van der Waals surface area contributed by atoms with Crippen LogP contribution in [0.25, 0.3) is 12.2 Å². The number of aromatic carboxylic acids is 1. The Morgan fingerprint density at radius 1 is 1.13 bits per heavy atom. The molecule has 0 saturated carbocycles. The maximum absolute atomic E-state index is 13.1. The van der Waals surface area contributed by atoms with E-state index in [9.17, 15) is 19.4 Å². The molecule has 0 saturated heterocycles. The molecule has 5 heteroatoms. The number of rotatable bonds is 9. The first-order valence-electron chi connectivity index (χ1n) is 10.1. The lowest BCUT2D eigenvalue weighted by atomic mass is 9.97. The van der Waals surface area contributed by atoms with Gasteiger partial charge in [0.15, 0.2) is 0 Å². The molecule has 0 unspecified atom stereocenters. The molecule has 0 aliphatic carbocycles. The Morgan fingerprint density at radius 2 is 1.77 bits per heavy atom. The van der Waals surface area contributed by atoms with Crippen LogP contribution < -0.4 is 4.74 Å². The molecule has 2 aromatic rings. The average molecular weight is 413 g/mol. The molecule has 0 spiro atoms.